The third-order valence-corrected chi connectivity index (χ3v) is 5.36. The number of hydrogen-bond donors (Lipinski definition) is 1. The van der Waals surface area contributed by atoms with Gasteiger partial charge in [-0.2, -0.15) is 0 Å². The van der Waals surface area contributed by atoms with Gasteiger partial charge in [-0.3, -0.25) is 0 Å². The molecule has 2 nitrogen and oxygen atoms in total. The summed E-state index contributed by atoms with van der Waals surface area (Å²) in [5, 5.41) is 4.22. The Hall–Kier alpha value is -0.730. The molecule has 4 unspecified atom stereocenters. The molecule has 0 amide bonds. The Morgan fingerprint density at radius 3 is 2.68 bits per heavy atom. The molecule has 2 bridgehead atoms. The first-order valence-corrected chi connectivity index (χ1v) is 7.61. The maximum Gasteiger partial charge on any atom is 0.137 e. The third kappa shape index (κ3) is 2.36. The number of rotatable bonds is 4. The van der Waals surface area contributed by atoms with E-state index in [0.29, 0.717) is 11.1 Å². The molecule has 0 saturated heterocycles. The molecular formula is C16H22ClNO. The molecule has 19 heavy (non-hydrogen) atoms. The quantitative estimate of drug-likeness (QED) is 0.898. The Kier molecular flexibility index (Phi) is 3.72. The lowest BCUT2D eigenvalue weighted by Crippen LogP contribution is -2.28. The Morgan fingerprint density at radius 1 is 1.32 bits per heavy atom. The standard InChI is InChI=1S/C16H22ClNO/c1-18-16(13-8-10-3-4-11(13)7-10)12-5-6-15(19-2)14(17)9-12/h5-6,9-11,13,16,18H,3-4,7-8H2,1-2H3. The fourth-order valence-electron chi connectivity index (χ4n) is 4.21. The van der Waals surface area contributed by atoms with Gasteiger partial charge < -0.3 is 10.1 Å². The fourth-order valence-corrected chi connectivity index (χ4v) is 4.47. The van der Waals surface area contributed by atoms with Crippen LogP contribution in [-0.2, 0) is 0 Å². The fraction of sp³-hybridized carbons (Fsp3) is 0.625. The van der Waals surface area contributed by atoms with Gasteiger partial charge in [0.1, 0.15) is 5.75 Å². The average molecular weight is 280 g/mol. The van der Waals surface area contributed by atoms with Crippen LogP contribution >= 0.6 is 11.6 Å². The first-order chi connectivity index (χ1) is 9.22. The predicted octanol–water partition coefficient (Wildman–Crippen LogP) is 4.05. The molecule has 1 aromatic rings. The summed E-state index contributed by atoms with van der Waals surface area (Å²) in [5.41, 5.74) is 1.30. The van der Waals surface area contributed by atoms with Crippen LogP contribution in [0.25, 0.3) is 0 Å². The SMILES string of the molecule is CNC(c1ccc(OC)c(Cl)c1)C1CC2CCC1C2. The van der Waals surface area contributed by atoms with Crippen molar-refractivity contribution in [3.8, 4) is 5.75 Å². The number of ether oxygens (including phenoxy) is 1. The van der Waals surface area contributed by atoms with Gasteiger partial charge in [0.15, 0.2) is 0 Å². The van der Waals surface area contributed by atoms with Gasteiger partial charge in [0.2, 0.25) is 0 Å². The normalized spacial score (nSPS) is 30.6. The van der Waals surface area contributed by atoms with E-state index >= 15 is 0 Å². The first kappa shape index (κ1) is 13.3. The van der Waals surface area contributed by atoms with Crippen LogP contribution in [0, 0.1) is 17.8 Å². The van der Waals surface area contributed by atoms with Crippen molar-refractivity contribution in [2.24, 2.45) is 17.8 Å². The van der Waals surface area contributed by atoms with Crippen LogP contribution in [0.15, 0.2) is 18.2 Å². The molecule has 1 N–H and O–H groups in total. The number of methoxy groups -OCH3 is 1. The molecule has 2 fully saturated rings. The zero-order valence-corrected chi connectivity index (χ0v) is 12.4. The number of halogens is 1. The van der Waals surface area contributed by atoms with E-state index in [4.69, 9.17) is 16.3 Å². The molecule has 3 rings (SSSR count). The number of nitrogens with one attached hydrogen (secondary N) is 1. The second-order valence-electron chi connectivity index (χ2n) is 6.00. The van der Waals surface area contributed by atoms with Gasteiger partial charge in [-0.1, -0.05) is 24.1 Å². The van der Waals surface area contributed by atoms with Gasteiger partial charge in [0.05, 0.1) is 12.1 Å². The van der Waals surface area contributed by atoms with Crippen molar-refractivity contribution in [3.05, 3.63) is 28.8 Å². The van der Waals surface area contributed by atoms with E-state index in [2.05, 4.69) is 24.5 Å². The van der Waals surface area contributed by atoms with E-state index in [-0.39, 0.29) is 0 Å². The molecule has 0 heterocycles. The summed E-state index contributed by atoms with van der Waals surface area (Å²) in [7, 11) is 3.72. The van der Waals surface area contributed by atoms with Gasteiger partial charge >= 0.3 is 0 Å². The maximum atomic E-state index is 6.26. The second kappa shape index (κ2) is 5.34. The van der Waals surface area contributed by atoms with Gasteiger partial charge in [0, 0.05) is 6.04 Å². The lowest BCUT2D eigenvalue weighted by Gasteiger charge is -2.31. The maximum absolute atomic E-state index is 6.26. The molecule has 2 saturated carbocycles. The van der Waals surface area contributed by atoms with Gasteiger partial charge in [-0.15, -0.1) is 0 Å². The third-order valence-electron chi connectivity index (χ3n) is 5.07. The van der Waals surface area contributed by atoms with Crippen molar-refractivity contribution in [1.82, 2.24) is 5.32 Å². The van der Waals surface area contributed by atoms with Gasteiger partial charge in [0.25, 0.3) is 0 Å². The zero-order chi connectivity index (χ0) is 13.4. The predicted molar refractivity (Wildman–Crippen MR) is 78.7 cm³/mol. The van der Waals surface area contributed by atoms with Gasteiger partial charge in [-0.05, 0) is 61.8 Å². The molecule has 0 aromatic heterocycles. The number of benzene rings is 1. The van der Waals surface area contributed by atoms with Crippen molar-refractivity contribution in [2.75, 3.05) is 14.2 Å². The van der Waals surface area contributed by atoms with Gasteiger partial charge in [-0.25, -0.2) is 0 Å². The summed E-state index contributed by atoms with van der Waals surface area (Å²) in [6.07, 6.45) is 5.67. The van der Waals surface area contributed by atoms with E-state index in [0.717, 1.165) is 23.5 Å². The van der Waals surface area contributed by atoms with Crippen LogP contribution in [0.5, 0.6) is 5.75 Å². The van der Waals surface area contributed by atoms with Crippen LogP contribution in [0.3, 0.4) is 0 Å². The van der Waals surface area contributed by atoms with Crippen molar-refractivity contribution in [1.29, 1.82) is 0 Å². The first-order valence-electron chi connectivity index (χ1n) is 7.23. The minimum atomic E-state index is 0.429. The topological polar surface area (TPSA) is 21.3 Å². The average Bonchev–Trinajstić information content (AvgIpc) is 3.02. The molecule has 3 heteroatoms. The summed E-state index contributed by atoms with van der Waals surface area (Å²) in [5.74, 6) is 3.41. The van der Waals surface area contributed by atoms with E-state index in [1.807, 2.05) is 6.07 Å². The summed E-state index contributed by atoms with van der Waals surface area (Å²) in [4.78, 5) is 0. The highest BCUT2D eigenvalue weighted by Crippen LogP contribution is 2.52. The lowest BCUT2D eigenvalue weighted by molar-refractivity contribution is 0.259. The Morgan fingerprint density at radius 2 is 2.16 bits per heavy atom. The zero-order valence-electron chi connectivity index (χ0n) is 11.7. The summed E-state index contributed by atoms with van der Waals surface area (Å²) >= 11 is 6.26. The van der Waals surface area contributed by atoms with Crippen LogP contribution in [0.4, 0.5) is 0 Å². The summed E-state index contributed by atoms with van der Waals surface area (Å²) in [6.45, 7) is 0. The van der Waals surface area contributed by atoms with Crippen molar-refractivity contribution >= 4 is 11.6 Å². The minimum Gasteiger partial charge on any atom is -0.495 e. The molecular weight excluding hydrogens is 258 g/mol. The molecule has 2 aliphatic carbocycles. The molecule has 0 aliphatic heterocycles. The molecule has 2 aliphatic rings. The molecule has 0 radical (unpaired) electrons. The largest absolute Gasteiger partial charge is 0.495 e. The highest BCUT2D eigenvalue weighted by atomic mass is 35.5. The van der Waals surface area contributed by atoms with Crippen molar-refractivity contribution < 1.29 is 4.74 Å². The van der Waals surface area contributed by atoms with Crippen LogP contribution in [0.1, 0.15) is 37.3 Å². The molecule has 4 atom stereocenters. The number of hydrogen-bond acceptors (Lipinski definition) is 2. The lowest BCUT2D eigenvalue weighted by atomic mass is 9.80. The number of fused-ring (bicyclic) bond motifs is 2. The van der Waals surface area contributed by atoms with Crippen LogP contribution < -0.4 is 10.1 Å². The van der Waals surface area contributed by atoms with E-state index in [9.17, 15) is 0 Å². The Balaban J connectivity index is 1.84. The highest BCUT2D eigenvalue weighted by Gasteiger charge is 2.43. The monoisotopic (exact) mass is 279 g/mol. The van der Waals surface area contributed by atoms with E-state index in [1.165, 1.54) is 31.2 Å². The molecule has 0 spiro atoms. The van der Waals surface area contributed by atoms with Crippen molar-refractivity contribution in [2.45, 2.75) is 31.7 Å². The Labute approximate surface area is 120 Å². The summed E-state index contributed by atoms with van der Waals surface area (Å²) in [6, 6.07) is 6.62. The van der Waals surface area contributed by atoms with Crippen LogP contribution in [-0.4, -0.2) is 14.2 Å². The van der Waals surface area contributed by atoms with Crippen molar-refractivity contribution in [3.63, 3.8) is 0 Å². The summed E-state index contributed by atoms with van der Waals surface area (Å²) < 4.78 is 5.24. The van der Waals surface area contributed by atoms with Crippen LogP contribution in [0.2, 0.25) is 5.02 Å². The smallest absolute Gasteiger partial charge is 0.137 e. The molecule has 1 aromatic carbocycles. The second-order valence-corrected chi connectivity index (χ2v) is 6.41. The molecule has 104 valence electrons. The van der Waals surface area contributed by atoms with E-state index < -0.39 is 0 Å². The Bertz CT molecular complexity index is 462. The highest BCUT2D eigenvalue weighted by molar-refractivity contribution is 6.32. The van der Waals surface area contributed by atoms with E-state index in [1.54, 1.807) is 7.11 Å². The minimum absolute atomic E-state index is 0.429.